The molecule has 0 saturated heterocycles. The van der Waals surface area contributed by atoms with E-state index in [0.29, 0.717) is 12.4 Å². The quantitative estimate of drug-likeness (QED) is 0.749. The molecule has 98 valence electrons. The summed E-state index contributed by atoms with van der Waals surface area (Å²) in [5.74, 6) is 0.860. The molecule has 0 spiro atoms. The molecule has 1 unspecified atom stereocenters. The molecule has 0 fully saturated rings. The van der Waals surface area contributed by atoms with Gasteiger partial charge in [0.25, 0.3) is 0 Å². The molecule has 0 aliphatic rings. The van der Waals surface area contributed by atoms with Gasteiger partial charge >= 0.3 is 0 Å². The van der Waals surface area contributed by atoms with Crippen LogP contribution in [-0.4, -0.2) is 41.4 Å². The zero-order valence-electron chi connectivity index (χ0n) is 10.3. The van der Waals surface area contributed by atoms with Gasteiger partial charge in [0.05, 0.1) is 24.6 Å². The molecule has 0 amide bonds. The van der Waals surface area contributed by atoms with Crippen LogP contribution in [0.15, 0.2) is 6.07 Å². The fourth-order valence-electron chi connectivity index (χ4n) is 1.70. The smallest absolute Gasteiger partial charge is 0.223 e. The lowest BCUT2D eigenvalue weighted by atomic mass is 10.3. The number of aliphatic hydroxyl groups excluding tert-OH is 1. The van der Waals surface area contributed by atoms with Gasteiger partial charge in [0.2, 0.25) is 5.95 Å². The molecule has 0 aliphatic heterocycles. The molecule has 7 heteroatoms. The fraction of sp³-hybridized carbons (Fsp3) is 0.455. The van der Waals surface area contributed by atoms with E-state index in [9.17, 15) is 5.11 Å². The molecule has 0 aromatic carbocycles. The summed E-state index contributed by atoms with van der Waals surface area (Å²) in [6.45, 7) is 2.36. The number of fused-ring (bicyclic) bond motifs is 1. The van der Waals surface area contributed by atoms with Gasteiger partial charge in [0.15, 0.2) is 0 Å². The van der Waals surface area contributed by atoms with Crippen LogP contribution in [0.3, 0.4) is 0 Å². The van der Waals surface area contributed by atoms with Crippen LogP contribution in [0.5, 0.6) is 0 Å². The maximum atomic E-state index is 9.25. The highest BCUT2D eigenvalue weighted by molar-refractivity contribution is 7.18. The average molecular weight is 268 g/mol. The molecule has 0 saturated carbocycles. The summed E-state index contributed by atoms with van der Waals surface area (Å²) in [7, 11) is 1.59. The van der Waals surface area contributed by atoms with Crippen LogP contribution in [-0.2, 0) is 4.74 Å². The molecule has 2 heterocycles. The van der Waals surface area contributed by atoms with Crippen molar-refractivity contribution < 1.29 is 9.84 Å². The van der Waals surface area contributed by atoms with Crippen LogP contribution in [0, 0.1) is 6.92 Å². The van der Waals surface area contributed by atoms with Crippen molar-refractivity contribution >= 4 is 33.3 Å². The van der Waals surface area contributed by atoms with E-state index in [0.717, 1.165) is 15.1 Å². The number of aliphatic hydroxyl groups is 1. The van der Waals surface area contributed by atoms with E-state index in [1.54, 1.807) is 18.4 Å². The highest BCUT2D eigenvalue weighted by atomic mass is 32.1. The van der Waals surface area contributed by atoms with E-state index in [-0.39, 0.29) is 18.6 Å². The number of hydrogen-bond acceptors (Lipinski definition) is 7. The van der Waals surface area contributed by atoms with E-state index in [1.807, 2.05) is 13.0 Å². The summed E-state index contributed by atoms with van der Waals surface area (Å²) < 4.78 is 5.02. The first-order valence-electron chi connectivity index (χ1n) is 5.54. The van der Waals surface area contributed by atoms with Crippen molar-refractivity contribution in [1.29, 1.82) is 0 Å². The molecular weight excluding hydrogens is 252 g/mol. The monoisotopic (exact) mass is 268 g/mol. The van der Waals surface area contributed by atoms with Crippen molar-refractivity contribution in [1.82, 2.24) is 9.97 Å². The van der Waals surface area contributed by atoms with Crippen molar-refractivity contribution in [3.63, 3.8) is 0 Å². The Morgan fingerprint density at radius 3 is 3.00 bits per heavy atom. The molecule has 0 bridgehead atoms. The number of methoxy groups -OCH3 is 1. The van der Waals surface area contributed by atoms with Crippen LogP contribution in [0.4, 0.5) is 11.8 Å². The topological polar surface area (TPSA) is 93.3 Å². The Labute approximate surface area is 109 Å². The van der Waals surface area contributed by atoms with E-state index in [1.165, 1.54) is 0 Å². The maximum absolute atomic E-state index is 9.25. The Kier molecular flexibility index (Phi) is 3.95. The van der Waals surface area contributed by atoms with Gasteiger partial charge in [-0.25, -0.2) is 4.98 Å². The predicted molar refractivity (Wildman–Crippen MR) is 72.9 cm³/mol. The summed E-state index contributed by atoms with van der Waals surface area (Å²) >= 11 is 1.56. The zero-order valence-corrected chi connectivity index (χ0v) is 11.1. The van der Waals surface area contributed by atoms with E-state index >= 15 is 0 Å². The largest absolute Gasteiger partial charge is 0.394 e. The SMILES string of the molecule is COCC(CO)Nc1nc(N)nc2sc(C)cc12. The van der Waals surface area contributed by atoms with Gasteiger partial charge in [-0.2, -0.15) is 4.98 Å². The van der Waals surface area contributed by atoms with Gasteiger partial charge in [0, 0.05) is 12.0 Å². The van der Waals surface area contributed by atoms with Crippen LogP contribution in [0.1, 0.15) is 4.88 Å². The first-order chi connectivity index (χ1) is 8.63. The van der Waals surface area contributed by atoms with Gasteiger partial charge in [-0.15, -0.1) is 11.3 Å². The molecule has 0 aliphatic carbocycles. The summed E-state index contributed by atoms with van der Waals surface area (Å²) in [5, 5.41) is 13.3. The maximum Gasteiger partial charge on any atom is 0.223 e. The van der Waals surface area contributed by atoms with Gasteiger partial charge in [-0.3, -0.25) is 0 Å². The second-order valence-corrected chi connectivity index (χ2v) is 5.22. The number of anilines is 2. The Morgan fingerprint density at radius 1 is 1.56 bits per heavy atom. The van der Waals surface area contributed by atoms with Crippen molar-refractivity contribution in [2.75, 3.05) is 31.4 Å². The van der Waals surface area contributed by atoms with E-state index in [4.69, 9.17) is 10.5 Å². The molecule has 2 aromatic heterocycles. The first kappa shape index (κ1) is 13.0. The number of ether oxygens (including phenoxy) is 1. The normalized spacial score (nSPS) is 12.8. The number of nitrogens with zero attached hydrogens (tertiary/aromatic N) is 2. The van der Waals surface area contributed by atoms with Crippen molar-refractivity contribution in [3.05, 3.63) is 10.9 Å². The van der Waals surface area contributed by atoms with Crippen molar-refractivity contribution in [3.8, 4) is 0 Å². The zero-order chi connectivity index (χ0) is 13.1. The van der Waals surface area contributed by atoms with Gasteiger partial charge in [-0.1, -0.05) is 0 Å². The lowest BCUT2D eigenvalue weighted by Gasteiger charge is -2.16. The number of nitrogen functional groups attached to an aromatic ring is 1. The Morgan fingerprint density at radius 2 is 2.33 bits per heavy atom. The molecule has 6 nitrogen and oxygen atoms in total. The number of hydrogen-bond donors (Lipinski definition) is 3. The van der Waals surface area contributed by atoms with E-state index < -0.39 is 0 Å². The Bertz CT molecular complexity index is 543. The summed E-state index contributed by atoms with van der Waals surface area (Å²) in [4.78, 5) is 10.4. The lowest BCUT2D eigenvalue weighted by molar-refractivity contribution is 0.153. The lowest BCUT2D eigenvalue weighted by Crippen LogP contribution is -2.29. The molecule has 18 heavy (non-hydrogen) atoms. The number of aryl methyl sites for hydroxylation is 1. The second-order valence-electron chi connectivity index (χ2n) is 3.99. The van der Waals surface area contributed by atoms with Crippen molar-refractivity contribution in [2.45, 2.75) is 13.0 Å². The molecule has 4 N–H and O–H groups in total. The minimum absolute atomic E-state index is 0.0393. The highest BCUT2D eigenvalue weighted by Crippen LogP contribution is 2.29. The Hall–Kier alpha value is -1.44. The van der Waals surface area contributed by atoms with Gasteiger partial charge in [-0.05, 0) is 13.0 Å². The summed E-state index contributed by atoms with van der Waals surface area (Å²) in [5.41, 5.74) is 5.68. The molecule has 1 atom stereocenters. The summed E-state index contributed by atoms with van der Waals surface area (Å²) in [6, 6.07) is 1.79. The average Bonchev–Trinajstić information content (AvgIpc) is 2.68. The first-order valence-corrected chi connectivity index (χ1v) is 6.35. The third-order valence-corrected chi connectivity index (χ3v) is 3.41. The second kappa shape index (κ2) is 5.47. The van der Waals surface area contributed by atoms with Crippen LogP contribution in [0.2, 0.25) is 0 Å². The molecule has 2 rings (SSSR count). The van der Waals surface area contributed by atoms with E-state index in [2.05, 4.69) is 15.3 Å². The number of aromatic nitrogens is 2. The molecule has 0 radical (unpaired) electrons. The third-order valence-electron chi connectivity index (χ3n) is 2.46. The number of thiophene rings is 1. The number of rotatable bonds is 5. The van der Waals surface area contributed by atoms with Gasteiger partial charge in [0.1, 0.15) is 10.6 Å². The number of nitrogens with two attached hydrogens (primary N) is 1. The minimum Gasteiger partial charge on any atom is -0.394 e. The highest BCUT2D eigenvalue weighted by Gasteiger charge is 2.13. The fourth-order valence-corrected chi connectivity index (χ4v) is 2.59. The predicted octanol–water partition coefficient (Wildman–Crippen LogP) is 1.00. The standard InChI is InChI=1S/C11H16N4O2S/c1-6-3-8-9(13-7(4-16)5-17-2)14-11(12)15-10(8)18-6/h3,7,16H,4-5H2,1-2H3,(H3,12,13,14,15). The van der Waals surface area contributed by atoms with Crippen LogP contribution < -0.4 is 11.1 Å². The van der Waals surface area contributed by atoms with Crippen LogP contribution in [0.25, 0.3) is 10.2 Å². The van der Waals surface area contributed by atoms with Gasteiger partial charge < -0.3 is 20.9 Å². The summed E-state index contributed by atoms with van der Waals surface area (Å²) in [6.07, 6.45) is 0. The van der Waals surface area contributed by atoms with Crippen LogP contribution >= 0.6 is 11.3 Å². The third kappa shape index (κ3) is 2.69. The minimum atomic E-state index is -0.215. The Balaban J connectivity index is 2.36. The van der Waals surface area contributed by atoms with Crippen molar-refractivity contribution in [2.24, 2.45) is 0 Å². The molecular formula is C11H16N4O2S. The number of nitrogens with one attached hydrogen (secondary N) is 1. The molecule has 2 aromatic rings.